The van der Waals surface area contributed by atoms with Gasteiger partial charge in [-0.15, -0.1) is 0 Å². The molecule has 0 saturated carbocycles. The van der Waals surface area contributed by atoms with Gasteiger partial charge in [-0.05, 0) is 18.2 Å². The molecule has 1 N–H and O–H groups in total. The second-order valence-corrected chi connectivity index (χ2v) is 4.22. The summed E-state index contributed by atoms with van der Waals surface area (Å²) in [6.45, 7) is 2.64. The van der Waals surface area contributed by atoms with Crippen LogP contribution >= 0.6 is 0 Å². The minimum absolute atomic E-state index is 0.119. The second kappa shape index (κ2) is 4.61. The van der Waals surface area contributed by atoms with Crippen molar-refractivity contribution in [1.82, 2.24) is 10.2 Å². The number of rotatable bonds is 3. The second-order valence-electron chi connectivity index (χ2n) is 4.22. The van der Waals surface area contributed by atoms with Crippen LogP contribution in [0.2, 0.25) is 0 Å². The van der Waals surface area contributed by atoms with E-state index in [1.807, 2.05) is 0 Å². The van der Waals surface area contributed by atoms with Crippen LogP contribution in [0, 0.1) is 11.7 Å². The van der Waals surface area contributed by atoms with Crippen molar-refractivity contribution in [3.8, 4) is 0 Å². The van der Waals surface area contributed by atoms with Crippen LogP contribution in [0.25, 0.3) is 0 Å². The maximum Gasteiger partial charge on any atom is 0.253 e. The zero-order valence-electron chi connectivity index (χ0n) is 9.24. The Bertz CT molecular complexity index is 390. The van der Waals surface area contributed by atoms with E-state index in [4.69, 9.17) is 0 Å². The van der Waals surface area contributed by atoms with Gasteiger partial charge >= 0.3 is 0 Å². The molecule has 1 fully saturated rings. The van der Waals surface area contributed by atoms with Crippen molar-refractivity contribution in [2.75, 3.05) is 26.7 Å². The highest BCUT2D eigenvalue weighted by Crippen LogP contribution is 2.10. The normalized spacial score (nSPS) is 15.6. The fraction of sp³-hybridized carbons (Fsp3) is 0.417. The number of benzene rings is 1. The number of hydrogen-bond acceptors (Lipinski definition) is 2. The zero-order chi connectivity index (χ0) is 11.5. The van der Waals surface area contributed by atoms with Crippen LogP contribution in [0.3, 0.4) is 0 Å². The molecule has 0 unspecified atom stereocenters. The van der Waals surface area contributed by atoms with Gasteiger partial charge in [-0.25, -0.2) is 4.39 Å². The molecule has 0 atom stereocenters. The van der Waals surface area contributed by atoms with Crippen molar-refractivity contribution >= 4 is 5.91 Å². The molecule has 0 spiro atoms. The highest BCUT2D eigenvalue weighted by Gasteiger charge is 2.21. The van der Waals surface area contributed by atoms with E-state index in [9.17, 15) is 9.18 Å². The third-order valence-corrected chi connectivity index (χ3v) is 2.82. The minimum atomic E-state index is -0.371. The molecular formula is C12H15FN2O. The quantitative estimate of drug-likeness (QED) is 0.831. The van der Waals surface area contributed by atoms with Crippen molar-refractivity contribution in [3.63, 3.8) is 0 Å². The average Bonchev–Trinajstić information content (AvgIpc) is 2.22. The fourth-order valence-corrected chi connectivity index (χ4v) is 1.79. The molecule has 86 valence electrons. The van der Waals surface area contributed by atoms with E-state index < -0.39 is 0 Å². The predicted octanol–water partition coefficient (Wildman–Crippen LogP) is 1.12. The number of carbonyl (C=O) groups is 1. The Hall–Kier alpha value is -1.42. The van der Waals surface area contributed by atoms with Gasteiger partial charge in [0.1, 0.15) is 5.82 Å². The molecule has 16 heavy (non-hydrogen) atoms. The van der Waals surface area contributed by atoms with Crippen LogP contribution < -0.4 is 5.32 Å². The smallest absolute Gasteiger partial charge is 0.253 e. The summed E-state index contributed by atoms with van der Waals surface area (Å²) < 4.78 is 13.0. The van der Waals surface area contributed by atoms with Gasteiger partial charge in [-0.1, -0.05) is 6.07 Å². The molecule has 0 aliphatic carbocycles. The van der Waals surface area contributed by atoms with Crippen LogP contribution in [0.1, 0.15) is 10.4 Å². The molecule has 0 aromatic heterocycles. The average molecular weight is 222 g/mol. The molecule has 1 aliphatic heterocycles. The Morgan fingerprint density at radius 3 is 2.88 bits per heavy atom. The first-order valence-electron chi connectivity index (χ1n) is 5.38. The summed E-state index contributed by atoms with van der Waals surface area (Å²) in [5.74, 6) is 0.0403. The standard InChI is InChI=1S/C12H15FN2O/c1-15(8-9-6-14-7-9)12(16)10-3-2-4-11(13)5-10/h2-5,9,14H,6-8H2,1H3. The molecule has 1 aromatic rings. The third kappa shape index (κ3) is 2.39. The molecule has 1 amide bonds. The SMILES string of the molecule is CN(CC1CNC1)C(=O)c1cccc(F)c1. The Balaban J connectivity index is 2.00. The predicted molar refractivity (Wildman–Crippen MR) is 59.7 cm³/mol. The van der Waals surface area contributed by atoms with Crippen LogP contribution in [0.15, 0.2) is 24.3 Å². The fourth-order valence-electron chi connectivity index (χ4n) is 1.79. The number of amides is 1. The summed E-state index contributed by atoms with van der Waals surface area (Å²) in [4.78, 5) is 13.6. The van der Waals surface area contributed by atoms with Gasteiger partial charge in [-0.2, -0.15) is 0 Å². The first-order chi connectivity index (χ1) is 7.66. The van der Waals surface area contributed by atoms with E-state index >= 15 is 0 Å². The molecular weight excluding hydrogens is 207 g/mol. The first-order valence-corrected chi connectivity index (χ1v) is 5.38. The molecule has 1 saturated heterocycles. The van der Waals surface area contributed by atoms with Crippen LogP contribution in [-0.4, -0.2) is 37.5 Å². The first kappa shape index (κ1) is 11.1. The maximum atomic E-state index is 13.0. The summed E-state index contributed by atoms with van der Waals surface area (Å²) >= 11 is 0. The summed E-state index contributed by atoms with van der Waals surface area (Å²) in [6, 6.07) is 5.81. The van der Waals surface area contributed by atoms with Crippen molar-refractivity contribution in [2.45, 2.75) is 0 Å². The van der Waals surface area contributed by atoms with Crippen molar-refractivity contribution in [1.29, 1.82) is 0 Å². The molecule has 1 aromatic carbocycles. The number of nitrogens with one attached hydrogen (secondary N) is 1. The Labute approximate surface area is 94.3 Å². The lowest BCUT2D eigenvalue weighted by Crippen LogP contribution is -2.48. The van der Waals surface area contributed by atoms with Gasteiger partial charge < -0.3 is 10.2 Å². The lowest BCUT2D eigenvalue weighted by Gasteiger charge is -2.31. The van der Waals surface area contributed by atoms with Gasteiger partial charge in [0, 0.05) is 38.2 Å². The number of nitrogens with zero attached hydrogens (tertiary/aromatic N) is 1. The summed E-state index contributed by atoms with van der Waals surface area (Å²) in [6.07, 6.45) is 0. The van der Waals surface area contributed by atoms with E-state index in [1.165, 1.54) is 12.1 Å². The summed E-state index contributed by atoms with van der Waals surface area (Å²) in [5.41, 5.74) is 0.412. The number of halogens is 1. The topological polar surface area (TPSA) is 32.3 Å². The van der Waals surface area contributed by atoms with E-state index in [0.717, 1.165) is 19.6 Å². The molecule has 0 bridgehead atoms. The molecule has 3 nitrogen and oxygen atoms in total. The van der Waals surface area contributed by atoms with Gasteiger partial charge in [0.25, 0.3) is 5.91 Å². The Kier molecular flexibility index (Phi) is 3.19. The lowest BCUT2D eigenvalue weighted by molar-refractivity contribution is 0.0755. The molecule has 2 rings (SSSR count). The van der Waals surface area contributed by atoms with Crippen molar-refractivity contribution in [2.24, 2.45) is 5.92 Å². The van der Waals surface area contributed by atoms with Gasteiger partial charge in [0.2, 0.25) is 0 Å². The van der Waals surface area contributed by atoms with E-state index in [2.05, 4.69) is 5.32 Å². The summed E-state index contributed by atoms with van der Waals surface area (Å²) in [5, 5.41) is 3.16. The van der Waals surface area contributed by atoms with Crippen LogP contribution in [0.4, 0.5) is 4.39 Å². The number of carbonyl (C=O) groups excluding carboxylic acids is 1. The summed E-state index contributed by atoms with van der Waals surface area (Å²) in [7, 11) is 1.76. The highest BCUT2D eigenvalue weighted by molar-refractivity contribution is 5.94. The molecule has 0 radical (unpaired) electrons. The van der Waals surface area contributed by atoms with Crippen LogP contribution in [0.5, 0.6) is 0 Å². The van der Waals surface area contributed by atoms with E-state index in [-0.39, 0.29) is 11.7 Å². The van der Waals surface area contributed by atoms with E-state index in [1.54, 1.807) is 24.1 Å². The number of hydrogen-bond donors (Lipinski definition) is 1. The Morgan fingerprint density at radius 2 is 2.31 bits per heavy atom. The third-order valence-electron chi connectivity index (χ3n) is 2.82. The molecule has 4 heteroatoms. The monoisotopic (exact) mass is 222 g/mol. The zero-order valence-corrected chi connectivity index (χ0v) is 9.24. The van der Waals surface area contributed by atoms with Gasteiger partial charge in [0.15, 0.2) is 0 Å². The van der Waals surface area contributed by atoms with Crippen molar-refractivity contribution in [3.05, 3.63) is 35.6 Å². The molecule has 1 heterocycles. The van der Waals surface area contributed by atoms with Crippen molar-refractivity contribution < 1.29 is 9.18 Å². The minimum Gasteiger partial charge on any atom is -0.341 e. The van der Waals surface area contributed by atoms with E-state index in [0.29, 0.717) is 11.5 Å². The van der Waals surface area contributed by atoms with Gasteiger partial charge in [-0.3, -0.25) is 4.79 Å². The lowest BCUT2D eigenvalue weighted by atomic mass is 10.0. The highest BCUT2D eigenvalue weighted by atomic mass is 19.1. The molecule has 1 aliphatic rings. The Morgan fingerprint density at radius 1 is 1.56 bits per heavy atom. The van der Waals surface area contributed by atoms with Gasteiger partial charge in [0.05, 0.1) is 0 Å². The largest absolute Gasteiger partial charge is 0.341 e. The maximum absolute atomic E-state index is 13.0. The van der Waals surface area contributed by atoms with Crippen LogP contribution in [-0.2, 0) is 0 Å².